The summed E-state index contributed by atoms with van der Waals surface area (Å²) >= 11 is 0. The molecule has 17 heavy (non-hydrogen) atoms. The first-order valence-electron chi connectivity index (χ1n) is 6.93. The first-order chi connectivity index (χ1) is 8.22. The maximum absolute atomic E-state index is 4.24. The van der Waals surface area contributed by atoms with E-state index < -0.39 is 0 Å². The second-order valence-corrected chi connectivity index (χ2v) is 5.33. The van der Waals surface area contributed by atoms with Gasteiger partial charge in [0.05, 0.1) is 0 Å². The Balaban J connectivity index is 1.74. The van der Waals surface area contributed by atoms with Crippen molar-refractivity contribution >= 4 is 0 Å². The van der Waals surface area contributed by atoms with Crippen molar-refractivity contribution in [2.75, 3.05) is 6.54 Å². The van der Waals surface area contributed by atoms with Gasteiger partial charge in [0.2, 0.25) is 0 Å². The van der Waals surface area contributed by atoms with Crippen LogP contribution in [0.25, 0.3) is 0 Å². The second-order valence-electron chi connectivity index (χ2n) is 5.33. The molecule has 0 bridgehead atoms. The highest BCUT2D eigenvalue weighted by atomic mass is 15.1. The molecule has 2 rings (SSSR count). The molecule has 1 aromatic heterocycles. The zero-order valence-corrected chi connectivity index (χ0v) is 11.3. The molecule has 1 aliphatic rings. The van der Waals surface area contributed by atoms with Crippen LogP contribution in [0.2, 0.25) is 0 Å². The Morgan fingerprint density at radius 2 is 2.29 bits per heavy atom. The van der Waals surface area contributed by atoms with Gasteiger partial charge in [0, 0.05) is 31.5 Å². The van der Waals surface area contributed by atoms with Crippen LogP contribution in [0.15, 0.2) is 12.4 Å². The van der Waals surface area contributed by atoms with Crippen LogP contribution >= 0.6 is 0 Å². The highest BCUT2D eigenvalue weighted by Crippen LogP contribution is 2.33. The van der Waals surface area contributed by atoms with E-state index in [0.29, 0.717) is 0 Å². The summed E-state index contributed by atoms with van der Waals surface area (Å²) < 4.78 is 2.21. The third-order valence-electron chi connectivity index (χ3n) is 4.43. The summed E-state index contributed by atoms with van der Waals surface area (Å²) in [7, 11) is 0. The normalized spacial score (nSPS) is 28.8. The van der Waals surface area contributed by atoms with Crippen molar-refractivity contribution in [1.29, 1.82) is 0 Å². The maximum atomic E-state index is 4.24. The summed E-state index contributed by atoms with van der Waals surface area (Å²) in [6.07, 6.45) is 8.02. The molecule has 3 unspecified atom stereocenters. The van der Waals surface area contributed by atoms with Gasteiger partial charge in [-0.05, 0) is 31.6 Å². The lowest BCUT2D eigenvalue weighted by atomic mass is 9.93. The van der Waals surface area contributed by atoms with Crippen molar-refractivity contribution in [3.63, 3.8) is 0 Å². The molecule has 0 aliphatic heterocycles. The van der Waals surface area contributed by atoms with Gasteiger partial charge in [0.25, 0.3) is 0 Å². The van der Waals surface area contributed by atoms with E-state index in [2.05, 4.69) is 41.8 Å². The van der Waals surface area contributed by atoms with Gasteiger partial charge in [-0.2, -0.15) is 0 Å². The number of rotatable bonds is 5. The van der Waals surface area contributed by atoms with Gasteiger partial charge in [0.15, 0.2) is 0 Å². The van der Waals surface area contributed by atoms with Gasteiger partial charge in [0.1, 0.15) is 5.82 Å². The van der Waals surface area contributed by atoms with Crippen LogP contribution < -0.4 is 5.32 Å². The van der Waals surface area contributed by atoms with E-state index in [0.717, 1.165) is 36.8 Å². The van der Waals surface area contributed by atoms with E-state index in [1.54, 1.807) is 0 Å². The van der Waals surface area contributed by atoms with Gasteiger partial charge in [-0.1, -0.05) is 20.3 Å². The molecule has 1 N–H and O–H groups in total. The molecule has 1 aromatic rings. The predicted octanol–water partition coefficient (Wildman–Crippen LogP) is 2.61. The minimum Gasteiger partial charge on any atom is -0.334 e. The average molecular weight is 235 g/mol. The molecule has 96 valence electrons. The van der Waals surface area contributed by atoms with E-state index in [1.165, 1.54) is 19.3 Å². The van der Waals surface area contributed by atoms with Crippen LogP contribution in [0.3, 0.4) is 0 Å². The molecule has 3 atom stereocenters. The summed E-state index contributed by atoms with van der Waals surface area (Å²) in [5.41, 5.74) is 0. The molecular weight excluding hydrogens is 210 g/mol. The van der Waals surface area contributed by atoms with E-state index in [9.17, 15) is 0 Å². The molecule has 1 fully saturated rings. The van der Waals surface area contributed by atoms with Gasteiger partial charge in [-0.25, -0.2) is 4.98 Å². The van der Waals surface area contributed by atoms with Crippen LogP contribution in [-0.2, 0) is 6.54 Å². The minimum atomic E-state index is 0.726. The second kappa shape index (κ2) is 5.67. The standard InChI is InChI=1S/C14H25N3/c1-4-13-5-6-14(11(13)2)16-8-10-17-9-7-15-12(17)3/h7,9,11,13-14,16H,4-6,8,10H2,1-3H3. The quantitative estimate of drug-likeness (QED) is 0.850. The fraction of sp³-hybridized carbons (Fsp3) is 0.786. The summed E-state index contributed by atoms with van der Waals surface area (Å²) in [6, 6.07) is 0.726. The van der Waals surface area contributed by atoms with E-state index >= 15 is 0 Å². The number of imidazole rings is 1. The van der Waals surface area contributed by atoms with Crippen LogP contribution in [0, 0.1) is 18.8 Å². The van der Waals surface area contributed by atoms with Crippen molar-refractivity contribution in [3.8, 4) is 0 Å². The molecule has 1 heterocycles. The first-order valence-corrected chi connectivity index (χ1v) is 6.93. The summed E-state index contributed by atoms with van der Waals surface area (Å²) in [6.45, 7) is 8.87. The molecule has 0 aromatic carbocycles. The smallest absolute Gasteiger partial charge is 0.105 e. The lowest BCUT2D eigenvalue weighted by Crippen LogP contribution is -2.35. The fourth-order valence-corrected chi connectivity index (χ4v) is 3.12. The molecule has 0 amide bonds. The number of nitrogens with zero attached hydrogens (tertiary/aromatic N) is 2. The van der Waals surface area contributed by atoms with Gasteiger partial charge >= 0.3 is 0 Å². The summed E-state index contributed by atoms with van der Waals surface area (Å²) in [5.74, 6) is 2.88. The predicted molar refractivity (Wildman–Crippen MR) is 70.9 cm³/mol. The molecule has 0 radical (unpaired) electrons. The molecule has 1 saturated carbocycles. The number of aromatic nitrogens is 2. The highest BCUT2D eigenvalue weighted by molar-refractivity contribution is 4.89. The summed E-state index contributed by atoms with van der Waals surface area (Å²) in [4.78, 5) is 4.24. The number of aryl methyl sites for hydroxylation is 1. The SMILES string of the molecule is CCC1CCC(NCCn2ccnc2C)C1C. The van der Waals surface area contributed by atoms with Crippen molar-refractivity contribution in [3.05, 3.63) is 18.2 Å². The van der Waals surface area contributed by atoms with E-state index in [-0.39, 0.29) is 0 Å². The van der Waals surface area contributed by atoms with Crippen LogP contribution in [0.1, 0.15) is 38.9 Å². The Kier molecular flexibility index (Phi) is 4.21. The molecule has 0 spiro atoms. The van der Waals surface area contributed by atoms with Gasteiger partial charge < -0.3 is 9.88 Å². The fourth-order valence-electron chi connectivity index (χ4n) is 3.12. The lowest BCUT2D eigenvalue weighted by molar-refractivity contribution is 0.342. The molecule has 3 heteroatoms. The highest BCUT2D eigenvalue weighted by Gasteiger charge is 2.30. The topological polar surface area (TPSA) is 29.9 Å². The lowest BCUT2D eigenvalue weighted by Gasteiger charge is -2.21. The maximum Gasteiger partial charge on any atom is 0.105 e. The minimum absolute atomic E-state index is 0.726. The van der Waals surface area contributed by atoms with Crippen molar-refractivity contribution in [1.82, 2.24) is 14.9 Å². The molecule has 3 nitrogen and oxygen atoms in total. The Morgan fingerprint density at radius 1 is 1.47 bits per heavy atom. The molecular formula is C14H25N3. The van der Waals surface area contributed by atoms with E-state index in [4.69, 9.17) is 0 Å². The zero-order chi connectivity index (χ0) is 12.3. The van der Waals surface area contributed by atoms with Crippen LogP contribution in [0.4, 0.5) is 0 Å². The van der Waals surface area contributed by atoms with Crippen LogP contribution in [-0.4, -0.2) is 22.1 Å². The van der Waals surface area contributed by atoms with Crippen molar-refractivity contribution in [2.24, 2.45) is 11.8 Å². The first kappa shape index (κ1) is 12.6. The Labute approximate surface area is 105 Å². The van der Waals surface area contributed by atoms with Crippen molar-refractivity contribution in [2.45, 2.75) is 52.6 Å². The summed E-state index contributed by atoms with van der Waals surface area (Å²) in [5, 5.41) is 3.71. The van der Waals surface area contributed by atoms with Crippen molar-refractivity contribution < 1.29 is 0 Å². The zero-order valence-electron chi connectivity index (χ0n) is 11.3. The largest absolute Gasteiger partial charge is 0.334 e. The van der Waals surface area contributed by atoms with Crippen LogP contribution in [0.5, 0.6) is 0 Å². The van der Waals surface area contributed by atoms with Gasteiger partial charge in [-0.3, -0.25) is 0 Å². The number of hydrogen-bond acceptors (Lipinski definition) is 2. The third kappa shape index (κ3) is 2.89. The monoisotopic (exact) mass is 235 g/mol. The third-order valence-corrected chi connectivity index (χ3v) is 4.43. The van der Waals surface area contributed by atoms with Gasteiger partial charge in [-0.15, -0.1) is 0 Å². The number of nitrogens with one attached hydrogen (secondary N) is 1. The Bertz CT molecular complexity index is 345. The van der Waals surface area contributed by atoms with E-state index in [1.807, 2.05) is 6.20 Å². The average Bonchev–Trinajstić information content (AvgIpc) is 2.87. The number of hydrogen-bond donors (Lipinski definition) is 1. The molecule has 1 aliphatic carbocycles. The molecule has 0 saturated heterocycles. The Hall–Kier alpha value is -0.830. The Morgan fingerprint density at radius 3 is 2.88 bits per heavy atom.